The van der Waals surface area contributed by atoms with Gasteiger partial charge in [-0.1, -0.05) is 60.7 Å². The molecule has 5 aromatic rings. The van der Waals surface area contributed by atoms with Crippen LogP contribution in [0.1, 0.15) is 51.7 Å². The van der Waals surface area contributed by atoms with Crippen LogP contribution in [0.25, 0.3) is 22.2 Å². The molecule has 1 N–H and O–H groups in total. The molecule has 1 amide bonds. The summed E-state index contributed by atoms with van der Waals surface area (Å²) < 4.78 is 19.9. The van der Waals surface area contributed by atoms with E-state index in [1.54, 1.807) is 0 Å². The van der Waals surface area contributed by atoms with Crippen molar-refractivity contribution in [2.75, 3.05) is 11.9 Å². The molecule has 0 spiro atoms. The van der Waals surface area contributed by atoms with Crippen LogP contribution in [-0.2, 0) is 25.0 Å². The summed E-state index contributed by atoms with van der Waals surface area (Å²) in [6.07, 6.45) is 1.43. The van der Waals surface area contributed by atoms with Crippen LogP contribution in [0.3, 0.4) is 0 Å². The molecular formula is C38H43N5O4. The maximum Gasteiger partial charge on any atom is 0.410 e. The molecule has 1 fully saturated rings. The van der Waals surface area contributed by atoms with Gasteiger partial charge in [0.25, 0.3) is 0 Å². The average Bonchev–Trinajstić information content (AvgIpc) is 3.38. The molecule has 0 radical (unpaired) electrons. The first kappa shape index (κ1) is 31.9. The molecule has 6 rings (SSSR count). The van der Waals surface area contributed by atoms with Gasteiger partial charge in [-0.3, -0.25) is 4.68 Å². The first-order valence-electron chi connectivity index (χ1n) is 16.2. The number of hydrogen-bond donors (Lipinski definition) is 1. The van der Waals surface area contributed by atoms with Crippen molar-refractivity contribution < 1.29 is 19.0 Å². The zero-order chi connectivity index (χ0) is 33.0. The molecule has 1 saturated heterocycles. The monoisotopic (exact) mass is 633 g/mol. The predicted molar refractivity (Wildman–Crippen MR) is 185 cm³/mol. The lowest BCUT2D eigenvalue weighted by atomic mass is 9.98. The second-order valence-corrected chi connectivity index (χ2v) is 13.1. The summed E-state index contributed by atoms with van der Waals surface area (Å²) in [6.45, 7) is 9.20. The van der Waals surface area contributed by atoms with E-state index < -0.39 is 5.60 Å². The number of likely N-dealkylation sites (tertiary alicyclic amines) is 1. The number of aromatic nitrogens is 3. The van der Waals surface area contributed by atoms with Gasteiger partial charge in [-0.15, -0.1) is 0 Å². The standard InChI is InChI=1S/C38H43N5O4/c1-26-22-30(20-21-43(26)37(44)47-38(2,3)4)39-29-16-17-31-33(23-29)42(5)41-35(31)32-18-19-34(45-24-27-12-8-6-9-13-27)40-36(32)46-25-28-14-10-7-11-15-28/h6-19,23,26,30,39H,20-22,24-25H2,1-5H3. The number of nitrogens with one attached hydrogen (secondary N) is 1. The van der Waals surface area contributed by atoms with E-state index in [2.05, 4.69) is 30.4 Å². The number of amides is 1. The van der Waals surface area contributed by atoms with Gasteiger partial charge in [-0.05, 0) is 75.9 Å². The summed E-state index contributed by atoms with van der Waals surface area (Å²) in [5, 5.41) is 9.62. The van der Waals surface area contributed by atoms with Crippen LogP contribution in [0.2, 0.25) is 0 Å². The fraction of sp³-hybridized carbons (Fsp3) is 0.342. The molecule has 2 atom stereocenters. The molecule has 2 unspecified atom stereocenters. The van der Waals surface area contributed by atoms with Crippen molar-refractivity contribution in [3.8, 4) is 23.0 Å². The number of carbonyl (C=O) groups excluding carboxylic acids is 1. The van der Waals surface area contributed by atoms with Crippen LogP contribution in [0.4, 0.5) is 10.5 Å². The van der Waals surface area contributed by atoms with E-state index in [0.717, 1.165) is 51.8 Å². The molecule has 9 heteroatoms. The highest BCUT2D eigenvalue weighted by atomic mass is 16.6. The number of anilines is 1. The summed E-state index contributed by atoms with van der Waals surface area (Å²) >= 11 is 0. The van der Waals surface area contributed by atoms with Crippen molar-refractivity contribution in [1.29, 1.82) is 0 Å². The fourth-order valence-electron chi connectivity index (χ4n) is 5.93. The normalized spacial score (nSPS) is 16.6. The maximum absolute atomic E-state index is 12.7. The zero-order valence-electron chi connectivity index (χ0n) is 27.8. The van der Waals surface area contributed by atoms with Crippen LogP contribution in [0.5, 0.6) is 11.8 Å². The molecule has 0 aliphatic carbocycles. The van der Waals surface area contributed by atoms with Gasteiger partial charge in [0.2, 0.25) is 11.8 Å². The number of piperidine rings is 1. The smallest absolute Gasteiger partial charge is 0.410 e. The van der Waals surface area contributed by atoms with E-state index in [-0.39, 0.29) is 18.2 Å². The number of hydrogen-bond acceptors (Lipinski definition) is 7. The van der Waals surface area contributed by atoms with Crippen molar-refractivity contribution in [3.63, 3.8) is 0 Å². The molecule has 0 saturated carbocycles. The Morgan fingerprint density at radius 2 is 1.60 bits per heavy atom. The molecule has 244 valence electrons. The SMILES string of the molecule is CC1CC(Nc2ccc3c(-c4ccc(OCc5ccccc5)nc4OCc4ccccc4)nn(C)c3c2)CCN1C(=O)OC(C)(C)C. The highest BCUT2D eigenvalue weighted by molar-refractivity contribution is 5.96. The minimum absolute atomic E-state index is 0.0737. The summed E-state index contributed by atoms with van der Waals surface area (Å²) in [4.78, 5) is 19.3. The van der Waals surface area contributed by atoms with Crippen LogP contribution >= 0.6 is 0 Å². The summed E-state index contributed by atoms with van der Waals surface area (Å²) in [6, 6.07) is 30.5. The van der Waals surface area contributed by atoms with Gasteiger partial charge < -0.3 is 24.4 Å². The molecule has 1 aliphatic rings. The van der Waals surface area contributed by atoms with Gasteiger partial charge in [0, 0.05) is 42.8 Å². The van der Waals surface area contributed by atoms with Crippen LogP contribution < -0.4 is 14.8 Å². The summed E-state index contributed by atoms with van der Waals surface area (Å²) in [5.74, 6) is 0.951. The second kappa shape index (κ2) is 13.7. The second-order valence-electron chi connectivity index (χ2n) is 13.1. The summed E-state index contributed by atoms with van der Waals surface area (Å²) in [5.41, 5.74) is 5.19. The van der Waals surface area contributed by atoms with Gasteiger partial charge in [0.15, 0.2) is 0 Å². The predicted octanol–water partition coefficient (Wildman–Crippen LogP) is 7.99. The quantitative estimate of drug-likeness (QED) is 0.176. The fourth-order valence-corrected chi connectivity index (χ4v) is 5.93. The number of ether oxygens (including phenoxy) is 3. The topological polar surface area (TPSA) is 90.7 Å². The third-order valence-electron chi connectivity index (χ3n) is 8.26. The lowest BCUT2D eigenvalue weighted by molar-refractivity contribution is 0.0112. The van der Waals surface area contributed by atoms with Gasteiger partial charge in [-0.2, -0.15) is 10.1 Å². The highest BCUT2D eigenvalue weighted by Gasteiger charge is 2.32. The lowest BCUT2D eigenvalue weighted by Gasteiger charge is -2.38. The number of fused-ring (bicyclic) bond motifs is 1. The molecular weight excluding hydrogens is 590 g/mol. The Morgan fingerprint density at radius 3 is 2.26 bits per heavy atom. The van der Waals surface area contributed by atoms with E-state index in [1.807, 2.05) is 110 Å². The Kier molecular flexibility index (Phi) is 9.33. The largest absolute Gasteiger partial charge is 0.473 e. The number of carbonyl (C=O) groups is 1. The Labute approximate surface area is 276 Å². The van der Waals surface area contributed by atoms with Crippen LogP contribution in [0, 0.1) is 0 Å². The number of aryl methyl sites for hydroxylation is 1. The number of nitrogens with zero attached hydrogens (tertiary/aromatic N) is 4. The first-order valence-corrected chi connectivity index (χ1v) is 16.2. The maximum atomic E-state index is 12.7. The molecule has 1 aliphatic heterocycles. The van der Waals surface area contributed by atoms with E-state index in [9.17, 15) is 4.79 Å². The average molecular weight is 634 g/mol. The Hall–Kier alpha value is -5.05. The first-order chi connectivity index (χ1) is 22.6. The van der Waals surface area contributed by atoms with E-state index in [0.29, 0.717) is 31.5 Å². The molecule has 9 nitrogen and oxygen atoms in total. The summed E-state index contributed by atoms with van der Waals surface area (Å²) in [7, 11) is 1.95. The van der Waals surface area contributed by atoms with Crippen LogP contribution in [-0.4, -0.2) is 50.0 Å². The minimum Gasteiger partial charge on any atom is -0.473 e. The molecule has 47 heavy (non-hydrogen) atoms. The van der Waals surface area contributed by atoms with E-state index in [1.165, 1.54) is 0 Å². The highest BCUT2D eigenvalue weighted by Crippen LogP contribution is 2.36. The van der Waals surface area contributed by atoms with Crippen molar-refractivity contribution in [2.24, 2.45) is 7.05 Å². The number of benzene rings is 3. The third kappa shape index (κ3) is 7.85. The third-order valence-corrected chi connectivity index (χ3v) is 8.26. The van der Waals surface area contributed by atoms with Gasteiger partial charge in [-0.25, -0.2) is 4.79 Å². The van der Waals surface area contributed by atoms with Crippen molar-refractivity contribution in [2.45, 2.75) is 71.4 Å². The van der Waals surface area contributed by atoms with Crippen molar-refractivity contribution >= 4 is 22.7 Å². The van der Waals surface area contributed by atoms with E-state index >= 15 is 0 Å². The van der Waals surface area contributed by atoms with Crippen molar-refractivity contribution in [3.05, 3.63) is 102 Å². The van der Waals surface area contributed by atoms with Crippen molar-refractivity contribution in [1.82, 2.24) is 19.7 Å². The zero-order valence-corrected chi connectivity index (χ0v) is 27.8. The van der Waals surface area contributed by atoms with Gasteiger partial charge >= 0.3 is 6.09 Å². The van der Waals surface area contributed by atoms with Gasteiger partial charge in [0.1, 0.15) is 24.5 Å². The van der Waals surface area contributed by atoms with Crippen LogP contribution in [0.15, 0.2) is 91.0 Å². The van der Waals surface area contributed by atoms with E-state index in [4.69, 9.17) is 24.3 Å². The Morgan fingerprint density at radius 1 is 0.915 bits per heavy atom. The molecule has 0 bridgehead atoms. The lowest BCUT2D eigenvalue weighted by Crippen LogP contribution is -2.49. The minimum atomic E-state index is -0.508. The molecule has 3 heterocycles. The molecule has 2 aromatic heterocycles. The Bertz CT molecular complexity index is 1820. The number of rotatable bonds is 9. The number of pyridine rings is 1. The molecule has 3 aromatic carbocycles. The van der Waals surface area contributed by atoms with Gasteiger partial charge in [0.05, 0.1) is 11.1 Å². The Balaban J connectivity index is 1.21.